The highest BCUT2D eigenvalue weighted by Crippen LogP contribution is 2.33. The van der Waals surface area contributed by atoms with Gasteiger partial charge < -0.3 is 10.5 Å². The molecule has 2 N–H and O–H groups in total. The van der Waals surface area contributed by atoms with E-state index in [1.54, 1.807) is 9.36 Å². The Balaban J connectivity index is 2.45. The van der Waals surface area contributed by atoms with E-state index in [2.05, 4.69) is 10.2 Å². The molecule has 18 heavy (non-hydrogen) atoms. The van der Waals surface area contributed by atoms with Crippen LogP contribution in [0.15, 0.2) is 0 Å². The maximum absolute atomic E-state index is 6.00. The minimum Gasteiger partial charge on any atom is -0.433 e. The Morgan fingerprint density at radius 3 is 2.33 bits per heavy atom. The van der Waals surface area contributed by atoms with Crippen LogP contribution < -0.4 is 10.5 Å². The van der Waals surface area contributed by atoms with Gasteiger partial charge in [0.15, 0.2) is 5.75 Å². The van der Waals surface area contributed by atoms with Crippen LogP contribution in [0.3, 0.4) is 0 Å². The maximum Gasteiger partial charge on any atom is 0.241 e. The Morgan fingerprint density at radius 2 is 1.83 bits per heavy atom. The second-order valence-corrected chi connectivity index (χ2v) is 4.35. The fourth-order valence-corrected chi connectivity index (χ4v) is 1.89. The SMILES string of the molecule is CCn1nc(C)c(N)c1Oc1c(C)nn(C)c1C. The van der Waals surface area contributed by atoms with Crippen molar-refractivity contribution in [3.05, 3.63) is 17.1 Å². The molecule has 0 saturated carbocycles. The largest absolute Gasteiger partial charge is 0.433 e. The molecular weight excluding hydrogens is 230 g/mol. The summed E-state index contributed by atoms with van der Waals surface area (Å²) in [4.78, 5) is 0. The normalized spacial score (nSPS) is 10.9. The van der Waals surface area contributed by atoms with Gasteiger partial charge in [0.1, 0.15) is 11.4 Å². The van der Waals surface area contributed by atoms with Crippen molar-refractivity contribution in [2.45, 2.75) is 34.2 Å². The molecule has 0 aliphatic carbocycles. The van der Waals surface area contributed by atoms with E-state index in [0.717, 1.165) is 22.8 Å². The minimum absolute atomic E-state index is 0.583. The number of nitrogens with zero attached hydrogens (tertiary/aromatic N) is 4. The second kappa shape index (κ2) is 4.36. The Morgan fingerprint density at radius 1 is 1.17 bits per heavy atom. The zero-order chi connectivity index (χ0) is 13.4. The van der Waals surface area contributed by atoms with Gasteiger partial charge >= 0.3 is 0 Å². The van der Waals surface area contributed by atoms with Crippen molar-refractivity contribution >= 4 is 5.69 Å². The second-order valence-electron chi connectivity index (χ2n) is 4.35. The van der Waals surface area contributed by atoms with E-state index in [4.69, 9.17) is 10.5 Å². The maximum atomic E-state index is 6.00. The van der Waals surface area contributed by atoms with Gasteiger partial charge in [0.2, 0.25) is 5.88 Å². The number of hydrogen-bond donors (Lipinski definition) is 1. The lowest BCUT2D eigenvalue weighted by Crippen LogP contribution is -2.02. The van der Waals surface area contributed by atoms with Crippen LogP contribution in [0.2, 0.25) is 0 Å². The number of hydrogen-bond acceptors (Lipinski definition) is 4. The van der Waals surface area contributed by atoms with Crippen molar-refractivity contribution in [3.63, 3.8) is 0 Å². The molecule has 2 aromatic heterocycles. The van der Waals surface area contributed by atoms with Crippen molar-refractivity contribution in [3.8, 4) is 11.6 Å². The van der Waals surface area contributed by atoms with Crippen molar-refractivity contribution in [1.82, 2.24) is 19.6 Å². The number of aromatic nitrogens is 4. The third-order valence-corrected chi connectivity index (χ3v) is 3.07. The molecule has 2 aromatic rings. The highest BCUT2D eigenvalue weighted by molar-refractivity contribution is 5.54. The Kier molecular flexibility index (Phi) is 3.02. The molecule has 0 aromatic carbocycles. The van der Waals surface area contributed by atoms with E-state index in [0.29, 0.717) is 18.1 Å². The van der Waals surface area contributed by atoms with Gasteiger partial charge in [-0.3, -0.25) is 4.68 Å². The molecule has 6 nitrogen and oxygen atoms in total. The van der Waals surface area contributed by atoms with E-state index in [-0.39, 0.29) is 0 Å². The van der Waals surface area contributed by atoms with E-state index < -0.39 is 0 Å². The van der Waals surface area contributed by atoms with E-state index >= 15 is 0 Å². The molecule has 0 unspecified atom stereocenters. The molecule has 0 spiro atoms. The zero-order valence-corrected chi connectivity index (χ0v) is 11.5. The van der Waals surface area contributed by atoms with Gasteiger partial charge in [-0.25, -0.2) is 4.68 Å². The molecule has 0 fully saturated rings. The summed E-state index contributed by atoms with van der Waals surface area (Å²) in [5.74, 6) is 1.34. The van der Waals surface area contributed by atoms with Crippen LogP contribution in [0.1, 0.15) is 24.0 Å². The van der Waals surface area contributed by atoms with Gasteiger partial charge in [-0.15, -0.1) is 0 Å². The lowest BCUT2D eigenvalue weighted by atomic mass is 10.3. The zero-order valence-electron chi connectivity index (χ0n) is 11.5. The van der Waals surface area contributed by atoms with Gasteiger partial charge in [-0.2, -0.15) is 10.2 Å². The third kappa shape index (κ3) is 1.83. The summed E-state index contributed by atoms with van der Waals surface area (Å²) in [6, 6.07) is 0. The highest BCUT2D eigenvalue weighted by Gasteiger charge is 2.18. The predicted molar refractivity (Wildman–Crippen MR) is 69.8 cm³/mol. The third-order valence-electron chi connectivity index (χ3n) is 3.07. The smallest absolute Gasteiger partial charge is 0.241 e. The molecule has 0 aliphatic heterocycles. The van der Waals surface area contributed by atoms with Gasteiger partial charge in [-0.05, 0) is 27.7 Å². The summed E-state index contributed by atoms with van der Waals surface area (Å²) in [5.41, 5.74) is 9.17. The Bertz CT molecular complexity index is 582. The standard InChI is InChI=1S/C12H19N5O/c1-6-17-12(10(13)7(2)15-17)18-11-8(3)14-16(5)9(11)4/h6,13H2,1-5H3. The fraction of sp³-hybridized carbons (Fsp3) is 0.500. The van der Waals surface area contributed by atoms with E-state index in [1.165, 1.54) is 0 Å². The lowest BCUT2D eigenvalue weighted by molar-refractivity contribution is 0.413. The van der Waals surface area contributed by atoms with Gasteiger partial charge in [0.25, 0.3) is 0 Å². The van der Waals surface area contributed by atoms with Crippen LogP contribution in [0.5, 0.6) is 11.6 Å². The van der Waals surface area contributed by atoms with Crippen LogP contribution >= 0.6 is 0 Å². The lowest BCUT2D eigenvalue weighted by Gasteiger charge is -2.08. The van der Waals surface area contributed by atoms with E-state index in [1.807, 2.05) is 34.7 Å². The van der Waals surface area contributed by atoms with Crippen molar-refractivity contribution in [2.75, 3.05) is 5.73 Å². The number of nitrogen functional groups attached to an aromatic ring is 1. The molecule has 2 rings (SSSR count). The highest BCUT2D eigenvalue weighted by atomic mass is 16.5. The molecule has 2 heterocycles. The van der Waals surface area contributed by atoms with Crippen molar-refractivity contribution < 1.29 is 4.74 Å². The molecule has 6 heteroatoms. The molecule has 98 valence electrons. The van der Waals surface area contributed by atoms with E-state index in [9.17, 15) is 0 Å². The fourth-order valence-electron chi connectivity index (χ4n) is 1.89. The summed E-state index contributed by atoms with van der Waals surface area (Å²) in [7, 11) is 1.89. The molecule has 0 aliphatic rings. The number of aryl methyl sites for hydroxylation is 4. The van der Waals surface area contributed by atoms with Gasteiger partial charge in [0.05, 0.1) is 11.4 Å². The first-order chi connectivity index (χ1) is 8.45. The monoisotopic (exact) mass is 249 g/mol. The minimum atomic E-state index is 0.583. The number of anilines is 1. The van der Waals surface area contributed by atoms with Gasteiger partial charge in [0, 0.05) is 13.6 Å². The number of ether oxygens (including phenoxy) is 1. The summed E-state index contributed by atoms with van der Waals surface area (Å²) in [6.45, 7) is 8.47. The average molecular weight is 249 g/mol. The van der Waals surface area contributed by atoms with Crippen LogP contribution in [0.4, 0.5) is 5.69 Å². The summed E-state index contributed by atoms with van der Waals surface area (Å²) < 4.78 is 9.48. The van der Waals surface area contributed by atoms with Crippen LogP contribution in [0, 0.1) is 20.8 Å². The van der Waals surface area contributed by atoms with Crippen LogP contribution in [0.25, 0.3) is 0 Å². The summed E-state index contributed by atoms with van der Waals surface area (Å²) in [5, 5.41) is 8.65. The summed E-state index contributed by atoms with van der Waals surface area (Å²) in [6.07, 6.45) is 0. The topological polar surface area (TPSA) is 70.9 Å². The number of nitrogens with two attached hydrogens (primary N) is 1. The predicted octanol–water partition coefficient (Wildman–Crippen LogP) is 1.94. The van der Waals surface area contributed by atoms with Crippen molar-refractivity contribution in [2.24, 2.45) is 7.05 Å². The quantitative estimate of drug-likeness (QED) is 0.902. The first kappa shape index (κ1) is 12.5. The summed E-state index contributed by atoms with van der Waals surface area (Å²) >= 11 is 0. The first-order valence-electron chi connectivity index (χ1n) is 5.96. The first-order valence-corrected chi connectivity index (χ1v) is 5.96. The van der Waals surface area contributed by atoms with Crippen molar-refractivity contribution in [1.29, 1.82) is 0 Å². The molecule has 0 radical (unpaired) electrons. The number of rotatable bonds is 3. The van der Waals surface area contributed by atoms with Crippen LogP contribution in [-0.2, 0) is 13.6 Å². The molecule has 0 amide bonds. The van der Waals surface area contributed by atoms with Crippen LogP contribution in [-0.4, -0.2) is 19.6 Å². The molecule has 0 saturated heterocycles. The van der Waals surface area contributed by atoms with Gasteiger partial charge in [-0.1, -0.05) is 0 Å². The Hall–Kier alpha value is -1.98. The molecule has 0 atom stereocenters. The Labute approximate surface area is 106 Å². The molecular formula is C12H19N5O. The average Bonchev–Trinajstić information content (AvgIpc) is 2.73. The molecule has 0 bridgehead atoms.